The molecule has 122 valence electrons. The average Bonchev–Trinajstić information content (AvgIpc) is 3.08. The summed E-state index contributed by atoms with van der Waals surface area (Å²) in [6.07, 6.45) is 4.17. The predicted octanol–water partition coefficient (Wildman–Crippen LogP) is 3.69. The largest absolute Gasteiger partial charge is 0.469 e. The Kier molecular flexibility index (Phi) is 5.03. The van der Waals surface area contributed by atoms with Crippen molar-refractivity contribution in [3.05, 3.63) is 59.0 Å². The van der Waals surface area contributed by atoms with Crippen LogP contribution in [-0.2, 0) is 21.5 Å². The number of hydrogen-bond acceptors (Lipinski definition) is 3. The molecule has 2 heterocycles. The SMILES string of the molecule is O=C(CCc1ccco1)NC1(c2ccc(Cl)cc2)CCOCC1. The van der Waals surface area contributed by atoms with Crippen molar-refractivity contribution in [1.29, 1.82) is 0 Å². The fourth-order valence-electron chi connectivity index (χ4n) is 3.00. The van der Waals surface area contributed by atoms with Crippen LogP contribution in [0.4, 0.5) is 0 Å². The Morgan fingerprint density at radius 2 is 1.91 bits per heavy atom. The number of nitrogens with one attached hydrogen (secondary N) is 1. The molecule has 0 bridgehead atoms. The van der Waals surface area contributed by atoms with Crippen LogP contribution in [0.25, 0.3) is 0 Å². The second-order valence-corrected chi connectivity index (χ2v) is 6.27. The van der Waals surface area contributed by atoms with Gasteiger partial charge in [0.15, 0.2) is 0 Å². The molecule has 1 saturated heterocycles. The van der Waals surface area contributed by atoms with Gasteiger partial charge >= 0.3 is 0 Å². The number of aryl methyl sites for hydroxylation is 1. The van der Waals surface area contributed by atoms with Crippen LogP contribution < -0.4 is 5.32 Å². The number of furan rings is 1. The third-order valence-corrected chi connectivity index (χ3v) is 4.55. The summed E-state index contributed by atoms with van der Waals surface area (Å²) in [4.78, 5) is 12.4. The van der Waals surface area contributed by atoms with Crippen molar-refractivity contribution in [3.8, 4) is 0 Å². The van der Waals surface area contributed by atoms with Crippen molar-refractivity contribution >= 4 is 17.5 Å². The number of ether oxygens (including phenoxy) is 1. The van der Waals surface area contributed by atoms with Gasteiger partial charge in [0.2, 0.25) is 5.91 Å². The van der Waals surface area contributed by atoms with Gasteiger partial charge in [-0.1, -0.05) is 23.7 Å². The second kappa shape index (κ2) is 7.20. The van der Waals surface area contributed by atoms with Crippen molar-refractivity contribution in [1.82, 2.24) is 5.32 Å². The zero-order valence-electron chi connectivity index (χ0n) is 12.9. The maximum atomic E-state index is 12.4. The topological polar surface area (TPSA) is 51.5 Å². The molecule has 0 unspecified atom stereocenters. The third kappa shape index (κ3) is 3.95. The zero-order chi connectivity index (χ0) is 16.1. The van der Waals surface area contributed by atoms with Crippen molar-refractivity contribution in [2.45, 2.75) is 31.2 Å². The molecular weight excluding hydrogens is 314 g/mol. The molecule has 1 fully saturated rings. The first-order valence-corrected chi connectivity index (χ1v) is 8.23. The first-order chi connectivity index (χ1) is 11.2. The molecule has 3 rings (SSSR count). The molecule has 23 heavy (non-hydrogen) atoms. The van der Waals surface area contributed by atoms with E-state index in [1.807, 2.05) is 36.4 Å². The molecule has 0 atom stereocenters. The molecule has 1 aromatic carbocycles. The van der Waals surface area contributed by atoms with Crippen LogP contribution in [0.1, 0.15) is 30.6 Å². The summed E-state index contributed by atoms with van der Waals surface area (Å²) < 4.78 is 10.8. The molecule has 0 aliphatic carbocycles. The van der Waals surface area contributed by atoms with Gasteiger partial charge in [-0.3, -0.25) is 4.79 Å². The summed E-state index contributed by atoms with van der Waals surface area (Å²) in [5.41, 5.74) is 0.708. The van der Waals surface area contributed by atoms with E-state index in [9.17, 15) is 4.79 Å². The molecule has 0 spiro atoms. The predicted molar refractivity (Wildman–Crippen MR) is 88.4 cm³/mol. The molecule has 4 nitrogen and oxygen atoms in total. The van der Waals surface area contributed by atoms with Gasteiger partial charge in [0.1, 0.15) is 5.76 Å². The van der Waals surface area contributed by atoms with Crippen LogP contribution in [-0.4, -0.2) is 19.1 Å². The Labute approximate surface area is 140 Å². The number of rotatable bonds is 5. The maximum Gasteiger partial charge on any atom is 0.221 e. The van der Waals surface area contributed by atoms with E-state index in [1.54, 1.807) is 6.26 Å². The Morgan fingerprint density at radius 1 is 1.17 bits per heavy atom. The lowest BCUT2D eigenvalue weighted by Crippen LogP contribution is -2.49. The number of hydrogen-bond donors (Lipinski definition) is 1. The average molecular weight is 334 g/mol. The summed E-state index contributed by atoms with van der Waals surface area (Å²) in [5, 5.41) is 3.92. The lowest BCUT2D eigenvalue weighted by atomic mass is 9.82. The highest BCUT2D eigenvalue weighted by Crippen LogP contribution is 2.33. The summed E-state index contributed by atoms with van der Waals surface area (Å²) in [6, 6.07) is 11.4. The van der Waals surface area contributed by atoms with E-state index >= 15 is 0 Å². The molecule has 1 aromatic heterocycles. The highest BCUT2D eigenvalue weighted by molar-refractivity contribution is 6.30. The fraction of sp³-hybridized carbons (Fsp3) is 0.389. The van der Waals surface area contributed by atoms with Gasteiger partial charge in [0, 0.05) is 31.1 Å². The van der Waals surface area contributed by atoms with Gasteiger partial charge in [0.05, 0.1) is 11.8 Å². The number of benzene rings is 1. The minimum atomic E-state index is -0.372. The number of amides is 1. The van der Waals surface area contributed by atoms with E-state index in [-0.39, 0.29) is 11.4 Å². The van der Waals surface area contributed by atoms with Crippen LogP contribution in [0.5, 0.6) is 0 Å². The van der Waals surface area contributed by atoms with Crippen LogP contribution in [0.2, 0.25) is 5.02 Å². The molecule has 0 radical (unpaired) electrons. The lowest BCUT2D eigenvalue weighted by Gasteiger charge is -2.38. The second-order valence-electron chi connectivity index (χ2n) is 5.83. The normalized spacial score (nSPS) is 16.9. The van der Waals surface area contributed by atoms with Crippen LogP contribution in [0, 0.1) is 0 Å². The van der Waals surface area contributed by atoms with Gasteiger partial charge in [-0.25, -0.2) is 0 Å². The molecule has 1 N–H and O–H groups in total. The molecule has 5 heteroatoms. The van der Waals surface area contributed by atoms with Gasteiger partial charge < -0.3 is 14.5 Å². The summed E-state index contributed by atoms with van der Waals surface area (Å²) in [7, 11) is 0. The van der Waals surface area contributed by atoms with Gasteiger partial charge in [0.25, 0.3) is 0 Å². The van der Waals surface area contributed by atoms with Crippen molar-refractivity contribution < 1.29 is 13.9 Å². The molecule has 2 aromatic rings. The van der Waals surface area contributed by atoms with Crippen molar-refractivity contribution in [2.75, 3.05) is 13.2 Å². The number of carbonyl (C=O) groups is 1. The van der Waals surface area contributed by atoms with Crippen molar-refractivity contribution in [2.24, 2.45) is 0 Å². The Hall–Kier alpha value is -1.78. The minimum absolute atomic E-state index is 0.0262. The Morgan fingerprint density at radius 3 is 2.57 bits per heavy atom. The van der Waals surface area contributed by atoms with Gasteiger partial charge in [-0.2, -0.15) is 0 Å². The van der Waals surface area contributed by atoms with Crippen molar-refractivity contribution in [3.63, 3.8) is 0 Å². The third-order valence-electron chi connectivity index (χ3n) is 4.30. The highest BCUT2D eigenvalue weighted by atomic mass is 35.5. The molecule has 1 amide bonds. The summed E-state index contributed by atoms with van der Waals surface area (Å²) in [5.74, 6) is 0.853. The monoisotopic (exact) mass is 333 g/mol. The Bertz CT molecular complexity index is 631. The molecular formula is C18H20ClNO3. The Balaban J connectivity index is 1.71. The standard InChI is InChI=1S/C18H20ClNO3/c19-15-5-3-14(4-6-15)18(9-12-22-13-10-18)20-17(21)8-7-16-2-1-11-23-16/h1-6,11H,7-10,12-13H2,(H,20,21). The smallest absolute Gasteiger partial charge is 0.221 e. The van der Waals surface area contributed by atoms with E-state index < -0.39 is 0 Å². The summed E-state index contributed by atoms with van der Waals surface area (Å²) in [6.45, 7) is 1.28. The van der Waals surface area contributed by atoms with E-state index in [1.165, 1.54) is 0 Å². The summed E-state index contributed by atoms with van der Waals surface area (Å²) >= 11 is 5.99. The zero-order valence-corrected chi connectivity index (χ0v) is 13.6. The van der Waals surface area contributed by atoms with Gasteiger partial charge in [-0.05, 0) is 42.7 Å². The van der Waals surface area contributed by atoms with E-state index in [0.29, 0.717) is 31.1 Å². The molecule has 1 aliphatic rings. The van der Waals surface area contributed by atoms with Gasteiger partial charge in [-0.15, -0.1) is 0 Å². The first kappa shape index (κ1) is 16.1. The maximum absolute atomic E-state index is 12.4. The molecule has 0 saturated carbocycles. The fourth-order valence-corrected chi connectivity index (χ4v) is 3.12. The van der Waals surface area contributed by atoms with Crippen LogP contribution >= 0.6 is 11.6 Å². The van der Waals surface area contributed by atoms with E-state index in [0.717, 1.165) is 24.2 Å². The minimum Gasteiger partial charge on any atom is -0.469 e. The van der Waals surface area contributed by atoms with Crippen LogP contribution in [0.15, 0.2) is 47.1 Å². The highest BCUT2D eigenvalue weighted by Gasteiger charge is 2.35. The quantitative estimate of drug-likeness (QED) is 0.908. The number of halogens is 1. The first-order valence-electron chi connectivity index (χ1n) is 7.85. The van der Waals surface area contributed by atoms with E-state index in [4.69, 9.17) is 20.8 Å². The van der Waals surface area contributed by atoms with E-state index in [2.05, 4.69) is 5.32 Å². The molecule has 1 aliphatic heterocycles. The lowest BCUT2D eigenvalue weighted by molar-refractivity contribution is -0.124. The number of carbonyl (C=O) groups excluding carboxylic acids is 1. The van der Waals surface area contributed by atoms with Crippen LogP contribution in [0.3, 0.4) is 0 Å².